The third-order valence-corrected chi connectivity index (χ3v) is 3.78. The summed E-state index contributed by atoms with van der Waals surface area (Å²) in [6.45, 7) is 2.65. The summed E-state index contributed by atoms with van der Waals surface area (Å²) in [6, 6.07) is 7.11. The molecule has 1 heterocycles. The largest absolute Gasteiger partial charge is 0.497 e. The van der Waals surface area contributed by atoms with Gasteiger partial charge in [0.1, 0.15) is 5.75 Å². The van der Waals surface area contributed by atoms with Crippen molar-refractivity contribution < 1.29 is 19.4 Å². The van der Waals surface area contributed by atoms with Crippen LogP contribution < -0.4 is 10.1 Å². The molecule has 2 rings (SSSR count). The summed E-state index contributed by atoms with van der Waals surface area (Å²) in [6.07, 6.45) is 0.514. The molecule has 1 aromatic rings. The van der Waals surface area contributed by atoms with E-state index in [0.29, 0.717) is 13.0 Å². The SMILES string of the molecule is COc1ccc(C(C)NC(=O)N2CCC(C(=O)O)C2)cc1. The van der Waals surface area contributed by atoms with E-state index in [1.807, 2.05) is 31.2 Å². The molecule has 0 aliphatic carbocycles. The highest BCUT2D eigenvalue weighted by Gasteiger charge is 2.31. The van der Waals surface area contributed by atoms with Crippen molar-refractivity contribution in [3.8, 4) is 5.75 Å². The second-order valence-electron chi connectivity index (χ2n) is 5.21. The maximum Gasteiger partial charge on any atom is 0.317 e. The molecular formula is C15H20N2O4. The van der Waals surface area contributed by atoms with Crippen LogP contribution in [-0.4, -0.2) is 42.2 Å². The van der Waals surface area contributed by atoms with Crippen molar-refractivity contribution >= 4 is 12.0 Å². The lowest BCUT2D eigenvalue weighted by atomic mass is 10.1. The van der Waals surface area contributed by atoms with E-state index in [9.17, 15) is 9.59 Å². The Morgan fingerprint density at radius 1 is 1.38 bits per heavy atom. The molecule has 1 aliphatic heterocycles. The number of aliphatic carboxylic acids is 1. The van der Waals surface area contributed by atoms with Crippen LogP contribution in [0.3, 0.4) is 0 Å². The number of urea groups is 1. The zero-order valence-electron chi connectivity index (χ0n) is 12.2. The maximum atomic E-state index is 12.1. The summed E-state index contributed by atoms with van der Waals surface area (Å²) in [5.74, 6) is -0.526. The Labute approximate surface area is 123 Å². The molecule has 2 atom stereocenters. The van der Waals surface area contributed by atoms with Crippen LogP contribution in [0.1, 0.15) is 24.9 Å². The number of benzene rings is 1. The number of amides is 2. The summed E-state index contributed by atoms with van der Waals surface area (Å²) >= 11 is 0. The molecular weight excluding hydrogens is 272 g/mol. The molecule has 2 amide bonds. The van der Waals surface area contributed by atoms with Crippen molar-refractivity contribution in [3.63, 3.8) is 0 Å². The van der Waals surface area contributed by atoms with Crippen molar-refractivity contribution in [1.82, 2.24) is 10.2 Å². The first kappa shape index (κ1) is 15.2. The molecule has 1 fully saturated rings. The number of hydrogen-bond donors (Lipinski definition) is 2. The molecule has 114 valence electrons. The molecule has 0 spiro atoms. The van der Waals surface area contributed by atoms with E-state index in [1.165, 1.54) is 0 Å². The Morgan fingerprint density at radius 3 is 2.57 bits per heavy atom. The maximum absolute atomic E-state index is 12.1. The van der Waals surface area contributed by atoms with Crippen molar-refractivity contribution in [2.75, 3.05) is 20.2 Å². The number of methoxy groups -OCH3 is 1. The Kier molecular flexibility index (Phi) is 4.67. The smallest absolute Gasteiger partial charge is 0.317 e. The van der Waals surface area contributed by atoms with Crippen LogP contribution in [0, 0.1) is 5.92 Å². The van der Waals surface area contributed by atoms with Crippen LogP contribution in [0.2, 0.25) is 0 Å². The standard InChI is InChI=1S/C15H20N2O4/c1-10(11-3-5-13(21-2)6-4-11)16-15(20)17-8-7-12(9-17)14(18)19/h3-6,10,12H,7-9H2,1-2H3,(H,16,20)(H,18,19). The van der Waals surface area contributed by atoms with Gasteiger partial charge in [0.25, 0.3) is 0 Å². The third-order valence-electron chi connectivity index (χ3n) is 3.78. The Morgan fingerprint density at radius 2 is 2.05 bits per heavy atom. The van der Waals surface area contributed by atoms with Gasteiger partial charge in [0.2, 0.25) is 0 Å². The highest BCUT2D eigenvalue weighted by molar-refractivity contribution is 5.77. The number of nitrogens with one attached hydrogen (secondary N) is 1. The number of rotatable bonds is 4. The fourth-order valence-electron chi connectivity index (χ4n) is 2.40. The van der Waals surface area contributed by atoms with Gasteiger partial charge in [-0.15, -0.1) is 0 Å². The molecule has 0 saturated carbocycles. The molecule has 1 aromatic carbocycles. The van der Waals surface area contributed by atoms with Crippen LogP contribution in [0.15, 0.2) is 24.3 Å². The van der Waals surface area contributed by atoms with Gasteiger partial charge in [-0.1, -0.05) is 12.1 Å². The first-order valence-corrected chi connectivity index (χ1v) is 6.93. The molecule has 0 aromatic heterocycles. The van der Waals surface area contributed by atoms with Gasteiger partial charge in [0.05, 0.1) is 19.1 Å². The fraction of sp³-hybridized carbons (Fsp3) is 0.467. The summed E-state index contributed by atoms with van der Waals surface area (Å²) in [7, 11) is 1.60. The molecule has 21 heavy (non-hydrogen) atoms. The van der Waals surface area contributed by atoms with E-state index in [-0.39, 0.29) is 18.6 Å². The number of carboxylic acid groups (broad SMARTS) is 1. The zero-order valence-corrected chi connectivity index (χ0v) is 12.2. The first-order valence-electron chi connectivity index (χ1n) is 6.93. The number of hydrogen-bond acceptors (Lipinski definition) is 3. The van der Waals surface area contributed by atoms with Crippen molar-refractivity contribution in [1.29, 1.82) is 0 Å². The van der Waals surface area contributed by atoms with Gasteiger partial charge in [-0.05, 0) is 31.0 Å². The highest BCUT2D eigenvalue weighted by Crippen LogP contribution is 2.20. The Hall–Kier alpha value is -2.24. The van der Waals surface area contributed by atoms with Gasteiger partial charge in [-0.25, -0.2) is 4.79 Å². The lowest BCUT2D eigenvalue weighted by Crippen LogP contribution is -2.40. The second-order valence-corrected chi connectivity index (χ2v) is 5.21. The van der Waals surface area contributed by atoms with Crippen molar-refractivity contribution in [2.24, 2.45) is 5.92 Å². The van der Waals surface area contributed by atoms with Crippen LogP contribution in [0.4, 0.5) is 4.79 Å². The second kappa shape index (κ2) is 6.47. The highest BCUT2D eigenvalue weighted by atomic mass is 16.5. The predicted octanol–water partition coefficient (Wildman–Crippen LogP) is 1.87. The molecule has 0 bridgehead atoms. The van der Waals surface area contributed by atoms with E-state index < -0.39 is 11.9 Å². The Bertz CT molecular complexity index is 515. The molecule has 1 aliphatic rings. The normalized spacial score (nSPS) is 19.1. The van der Waals surface area contributed by atoms with Crippen LogP contribution in [-0.2, 0) is 4.79 Å². The fourth-order valence-corrected chi connectivity index (χ4v) is 2.40. The number of nitrogens with zero attached hydrogens (tertiary/aromatic N) is 1. The molecule has 0 radical (unpaired) electrons. The summed E-state index contributed by atoms with van der Waals surface area (Å²) in [4.78, 5) is 24.6. The molecule has 6 nitrogen and oxygen atoms in total. The summed E-state index contributed by atoms with van der Waals surface area (Å²) in [5, 5.41) is 11.8. The number of carbonyl (C=O) groups excluding carboxylic acids is 1. The van der Waals surface area contributed by atoms with Gasteiger partial charge in [-0.2, -0.15) is 0 Å². The van der Waals surface area contributed by atoms with E-state index in [4.69, 9.17) is 9.84 Å². The quantitative estimate of drug-likeness (QED) is 0.888. The van der Waals surface area contributed by atoms with E-state index in [0.717, 1.165) is 11.3 Å². The minimum Gasteiger partial charge on any atom is -0.497 e. The Balaban J connectivity index is 1.91. The third kappa shape index (κ3) is 3.65. The van der Waals surface area contributed by atoms with Crippen molar-refractivity contribution in [2.45, 2.75) is 19.4 Å². The number of ether oxygens (including phenoxy) is 1. The van der Waals surface area contributed by atoms with Gasteiger partial charge in [0, 0.05) is 13.1 Å². The molecule has 6 heteroatoms. The van der Waals surface area contributed by atoms with Gasteiger partial charge in [-0.3, -0.25) is 4.79 Å². The lowest BCUT2D eigenvalue weighted by molar-refractivity contribution is -0.141. The van der Waals surface area contributed by atoms with Crippen molar-refractivity contribution in [3.05, 3.63) is 29.8 Å². The molecule has 2 N–H and O–H groups in total. The average molecular weight is 292 g/mol. The van der Waals surface area contributed by atoms with Crippen LogP contribution in [0.5, 0.6) is 5.75 Å². The average Bonchev–Trinajstić information content (AvgIpc) is 2.97. The predicted molar refractivity (Wildman–Crippen MR) is 77.3 cm³/mol. The number of carboxylic acids is 1. The lowest BCUT2D eigenvalue weighted by Gasteiger charge is -2.21. The van der Waals surface area contributed by atoms with E-state index in [1.54, 1.807) is 12.0 Å². The minimum atomic E-state index is -0.839. The van der Waals surface area contributed by atoms with E-state index in [2.05, 4.69) is 5.32 Å². The minimum absolute atomic E-state index is 0.146. The van der Waals surface area contributed by atoms with Crippen LogP contribution in [0.25, 0.3) is 0 Å². The topological polar surface area (TPSA) is 78.9 Å². The molecule has 2 unspecified atom stereocenters. The van der Waals surface area contributed by atoms with E-state index >= 15 is 0 Å². The van der Waals surface area contributed by atoms with Gasteiger partial charge >= 0.3 is 12.0 Å². The van der Waals surface area contributed by atoms with Crippen LogP contribution >= 0.6 is 0 Å². The summed E-state index contributed by atoms with van der Waals surface area (Å²) < 4.78 is 5.09. The summed E-state index contributed by atoms with van der Waals surface area (Å²) in [5.41, 5.74) is 0.970. The van der Waals surface area contributed by atoms with Gasteiger partial charge in [0.15, 0.2) is 0 Å². The first-order chi connectivity index (χ1) is 10.0. The number of likely N-dealkylation sites (tertiary alicyclic amines) is 1. The monoisotopic (exact) mass is 292 g/mol. The number of carbonyl (C=O) groups is 2. The molecule has 1 saturated heterocycles. The van der Waals surface area contributed by atoms with Gasteiger partial charge < -0.3 is 20.1 Å². The zero-order chi connectivity index (χ0) is 15.4.